The molecule has 0 aromatic heterocycles. The Hall–Kier alpha value is -1.74. The zero-order valence-corrected chi connectivity index (χ0v) is 21.8. The van der Waals surface area contributed by atoms with E-state index in [0.717, 1.165) is 6.07 Å². The second-order valence-corrected chi connectivity index (χ2v) is 13.2. The third kappa shape index (κ3) is 5.56. The van der Waals surface area contributed by atoms with Crippen LogP contribution in [-0.2, 0) is 22.0 Å². The van der Waals surface area contributed by atoms with E-state index in [1.54, 1.807) is 46.4 Å². The second-order valence-electron chi connectivity index (χ2n) is 11.3. The SMILES string of the molecule is C/C(=N\[S@+]([O-])C(C)(C)C)c1cccc(C(F)(F)C2CC3CCC(C2)N3C(=O)OC(C)(C)C)c1F. The van der Waals surface area contributed by atoms with Crippen LogP contribution >= 0.6 is 0 Å². The van der Waals surface area contributed by atoms with Crippen LogP contribution in [0.15, 0.2) is 22.6 Å². The van der Waals surface area contributed by atoms with E-state index in [9.17, 15) is 9.35 Å². The van der Waals surface area contributed by atoms with E-state index in [1.165, 1.54) is 19.1 Å². The number of alkyl halides is 2. The van der Waals surface area contributed by atoms with Gasteiger partial charge in [0, 0.05) is 23.6 Å². The Morgan fingerprint density at radius 2 is 1.68 bits per heavy atom. The van der Waals surface area contributed by atoms with Gasteiger partial charge in [-0.25, -0.2) is 18.0 Å². The summed E-state index contributed by atoms with van der Waals surface area (Å²) in [6.45, 7) is 12.0. The number of rotatable bonds is 4. The van der Waals surface area contributed by atoms with Gasteiger partial charge in [-0.3, -0.25) is 0 Å². The topological polar surface area (TPSA) is 65.0 Å². The van der Waals surface area contributed by atoms with Crippen LogP contribution in [0.2, 0.25) is 0 Å². The van der Waals surface area contributed by atoms with Crippen LogP contribution in [0.4, 0.5) is 18.0 Å². The summed E-state index contributed by atoms with van der Waals surface area (Å²) in [6.07, 6.45) is 0.932. The van der Waals surface area contributed by atoms with Crippen LogP contribution in [0.1, 0.15) is 85.3 Å². The van der Waals surface area contributed by atoms with E-state index < -0.39 is 51.0 Å². The molecule has 2 saturated heterocycles. The molecule has 1 amide bonds. The molecule has 2 aliphatic heterocycles. The van der Waals surface area contributed by atoms with Crippen LogP contribution < -0.4 is 0 Å². The highest BCUT2D eigenvalue weighted by molar-refractivity contribution is 7.91. The Labute approximate surface area is 203 Å². The quantitative estimate of drug-likeness (QED) is 0.357. The Morgan fingerprint density at radius 3 is 2.18 bits per heavy atom. The molecule has 0 N–H and O–H groups in total. The average molecular weight is 501 g/mol. The first-order valence-electron chi connectivity index (χ1n) is 11.7. The second kappa shape index (κ2) is 9.37. The molecule has 34 heavy (non-hydrogen) atoms. The fourth-order valence-corrected chi connectivity index (χ4v) is 5.31. The fraction of sp³-hybridized carbons (Fsp3) is 0.680. The fourth-order valence-electron chi connectivity index (χ4n) is 4.69. The van der Waals surface area contributed by atoms with Crippen molar-refractivity contribution < 1.29 is 27.3 Å². The zero-order chi connectivity index (χ0) is 25.6. The van der Waals surface area contributed by atoms with Crippen LogP contribution in [0.5, 0.6) is 0 Å². The van der Waals surface area contributed by atoms with Gasteiger partial charge in [0.2, 0.25) is 0 Å². The maximum atomic E-state index is 15.7. The van der Waals surface area contributed by atoms with E-state index in [1.807, 2.05) is 0 Å². The molecule has 2 aliphatic rings. The van der Waals surface area contributed by atoms with Gasteiger partial charge in [-0.2, -0.15) is 0 Å². The lowest BCUT2D eigenvalue weighted by atomic mass is 9.82. The van der Waals surface area contributed by atoms with Gasteiger partial charge < -0.3 is 14.2 Å². The van der Waals surface area contributed by atoms with Gasteiger partial charge in [-0.15, -0.1) is 0 Å². The number of ether oxygens (including phenoxy) is 1. The summed E-state index contributed by atoms with van der Waals surface area (Å²) in [4.78, 5) is 14.3. The van der Waals surface area contributed by atoms with E-state index in [4.69, 9.17) is 4.74 Å². The lowest BCUT2D eigenvalue weighted by molar-refractivity contribution is -0.100. The third-order valence-electron chi connectivity index (χ3n) is 6.34. The minimum atomic E-state index is -3.43. The van der Waals surface area contributed by atoms with Crippen molar-refractivity contribution in [1.29, 1.82) is 0 Å². The third-order valence-corrected chi connectivity index (χ3v) is 7.83. The number of hydrogen-bond acceptors (Lipinski definition) is 4. The summed E-state index contributed by atoms with van der Waals surface area (Å²) in [5.41, 5.74) is -1.32. The van der Waals surface area contributed by atoms with Gasteiger partial charge in [-0.1, -0.05) is 22.6 Å². The molecule has 0 aliphatic carbocycles. The monoisotopic (exact) mass is 500 g/mol. The molecule has 2 heterocycles. The Balaban J connectivity index is 1.85. The molecule has 0 radical (unpaired) electrons. The van der Waals surface area contributed by atoms with Gasteiger partial charge in [0.1, 0.15) is 27.5 Å². The van der Waals surface area contributed by atoms with E-state index >= 15 is 13.2 Å². The van der Waals surface area contributed by atoms with Crippen molar-refractivity contribution in [3.63, 3.8) is 0 Å². The lowest BCUT2D eigenvalue weighted by Crippen LogP contribution is -2.50. The minimum Gasteiger partial charge on any atom is -0.591 e. The molecule has 0 spiro atoms. The van der Waals surface area contributed by atoms with Gasteiger partial charge in [0.15, 0.2) is 0 Å². The summed E-state index contributed by atoms with van der Waals surface area (Å²) in [6, 6.07) is 3.16. The molecule has 190 valence electrons. The normalized spacial score (nSPS) is 24.9. The Kier molecular flexibility index (Phi) is 7.40. The minimum absolute atomic E-state index is 0.0769. The van der Waals surface area contributed by atoms with Crippen LogP contribution in [0, 0.1) is 11.7 Å². The van der Waals surface area contributed by atoms with Crippen molar-refractivity contribution in [1.82, 2.24) is 4.90 Å². The molecule has 5 nitrogen and oxygen atoms in total. The molecule has 1 aromatic rings. The predicted octanol–water partition coefficient (Wildman–Crippen LogP) is 6.37. The standard InChI is InChI=1S/C25H35F3N2O3S/c1-15(29-34(32)24(5,6)7)19-9-8-10-20(21(19)26)25(27,28)16-13-17-11-12-18(14-16)30(17)22(31)33-23(2,3)4/h8-10,16-18H,11-14H2,1-7H3/b29-15+/t16?,17?,18?,34-/m1/s1. The molecule has 3 rings (SSSR count). The van der Waals surface area contributed by atoms with E-state index in [0.29, 0.717) is 12.8 Å². The van der Waals surface area contributed by atoms with Crippen LogP contribution in [0.25, 0.3) is 0 Å². The van der Waals surface area contributed by atoms with Crippen molar-refractivity contribution in [3.05, 3.63) is 35.1 Å². The molecule has 2 unspecified atom stereocenters. The van der Waals surface area contributed by atoms with Crippen LogP contribution in [-0.4, -0.2) is 43.7 Å². The summed E-state index contributed by atoms with van der Waals surface area (Å²) < 4.78 is 68.0. The first-order valence-corrected chi connectivity index (χ1v) is 12.8. The highest BCUT2D eigenvalue weighted by Crippen LogP contribution is 2.49. The zero-order valence-electron chi connectivity index (χ0n) is 21.0. The van der Waals surface area contributed by atoms with Gasteiger partial charge in [0.25, 0.3) is 5.92 Å². The van der Waals surface area contributed by atoms with Crippen molar-refractivity contribution in [2.45, 2.75) is 103 Å². The molecular formula is C25H35F3N2O3S. The Bertz CT molecular complexity index is 942. The van der Waals surface area contributed by atoms with Gasteiger partial charge in [-0.05, 0) is 74.1 Å². The summed E-state index contributed by atoms with van der Waals surface area (Å²) >= 11 is -1.64. The highest BCUT2D eigenvalue weighted by Gasteiger charge is 2.53. The largest absolute Gasteiger partial charge is 0.591 e. The first kappa shape index (κ1) is 26.9. The molecule has 3 atom stereocenters. The van der Waals surface area contributed by atoms with Gasteiger partial charge in [0.05, 0.1) is 11.3 Å². The molecule has 9 heteroatoms. The molecular weight excluding hydrogens is 465 g/mol. The smallest absolute Gasteiger partial charge is 0.410 e. The number of nitrogens with zero attached hydrogens (tertiary/aromatic N) is 2. The number of halogens is 3. The number of carbonyl (C=O) groups excluding carboxylic acids is 1. The first-order chi connectivity index (χ1) is 15.5. The average Bonchev–Trinajstić information content (AvgIpc) is 2.95. The number of fused-ring (bicyclic) bond motifs is 2. The summed E-state index contributed by atoms with van der Waals surface area (Å²) in [7, 11) is 0. The predicted molar refractivity (Wildman–Crippen MR) is 128 cm³/mol. The summed E-state index contributed by atoms with van der Waals surface area (Å²) in [5, 5.41) is 0. The molecule has 2 bridgehead atoms. The Morgan fingerprint density at radius 1 is 1.12 bits per heavy atom. The molecule has 2 fully saturated rings. The maximum Gasteiger partial charge on any atom is 0.410 e. The number of amides is 1. The van der Waals surface area contributed by atoms with Crippen molar-refractivity contribution in [2.24, 2.45) is 10.3 Å². The van der Waals surface area contributed by atoms with Crippen molar-refractivity contribution in [2.75, 3.05) is 0 Å². The lowest BCUT2D eigenvalue weighted by Gasteiger charge is -2.41. The van der Waals surface area contributed by atoms with Crippen molar-refractivity contribution >= 4 is 23.2 Å². The number of carbonyl (C=O) groups is 1. The number of hydrogen-bond donors (Lipinski definition) is 0. The summed E-state index contributed by atoms with van der Waals surface area (Å²) in [5.74, 6) is -5.57. The maximum absolute atomic E-state index is 15.7. The van der Waals surface area contributed by atoms with Crippen molar-refractivity contribution in [3.8, 4) is 0 Å². The highest BCUT2D eigenvalue weighted by atomic mass is 32.2. The van der Waals surface area contributed by atoms with Crippen LogP contribution in [0.3, 0.4) is 0 Å². The molecule has 0 saturated carbocycles. The number of benzene rings is 1. The van der Waals surface area contributed by atoms with E-state index in [-0.39, 0.29) is 36.2 Å². The van der Waals surface area contributed by atoms with E-state index in [2.05, 4.69) is 4.40 Å². The van der Waals surface area contributed by atoms with Gasteiger partial charge >= 0.3 is 6.09 Å². The number of piperidine rings is 1. The molecule has 1 aromatic carbocycles.